The molecule has 84 valence electrons. The maximum Gasteiger partial charge on any atom is 0.165 e. The van der Waals surface area contributed by atoms with E-state index in [0.29, 0.717) is 6.42 Å². The first-order chi connectivity index (χ1) is 6.69. The van der Waals surface area contributed by atoms with E-state index in [2.05, 4.69) is 6.58 Å². The van der Waals surface area contributed by atoms with Crippen LogP contribution in [-0.4, -0.2) is 7.11 Å². The van der Waals surface area contributed by atoms with Gasteiger partial charge in [0.05, 0.1) is 7.11 Å². The van der Waals surface area contributed by atoms with Crippen molar-refractivity contribution in [2.45, 2.75) is 12.5 Å². The highest BCUT2D eigenvalue weighted by Crippen LogP contribution is 2.22. The van der Waals surface area contributed by atoms with Crippen molar-refractivity contribution in [1.82, 2.24) is 0 Å². The number of rotatable bonds is 4. The Labute approximate surface area is 95.3 Å². The number of methoxy groups -OCH3 is 1. The fourth-order valence-corrected chi connectivity index (χ4v) is 1.22. The number of ether oxygens (including phenoxy) is 1. The normalized spacial score (nSPS) is 11.4. The molecular weight excluding hydrogens is 217 g/mol. The van der Waals surface area contributed by atoms with Crippen molar-refractivity contribution in [3.8, 4) is 5.75 Å². The first kappa shape index (κ1) is 13.9. The molecule has 2 nitrogen and oxygen atoms in total. The van der Waals surface area contributed by atoms with E-state index in [1.54, 1.807) is 18.2 Å². The van der Waals surface area contributed by atoms with Gasteiger partial charge in [-0.1, -0.05) is 12.1 Å². The zero-order valence-electron chi connectivity index (χ0n) is 8.57. The second kappa shape index (κ2) is 6.43. The molecule has 0 radical (unpaired) electrons. The summed E-state index contributed by atoms with van der Waals surface area (Å²) in [4.78, 5) is 0. The van der Waals surface area contributed by atoms with Crippen molar-refractivity contribution in [2.24, 2.45) is 5.73 Å². The van der Waals surface area contributed by atoms with Crippen LogP contribution in [0.5, 0.6) is 5.75 Å². The van der Waals surface area contributed by atoms with E-state index < -0.39 is 0 Å². The highest BCUT2D eigenvalue weighted by molar-refractivity contribution is 5.85. The molecule has 1 aromatic rings. The van der Waals surface area contributed by atoms with Gasteiger partial charge in [0.2, 0.25) is 0 Å². The van der Waals surface area contributed by atoms with E-state index in [4.69, 9.17) is 10.5 Å². The van der Waals surface area contributed by atoms with Gasteiger partial charge in [-0.25, -0.2) is 4.39 Å². The Balaban J connectivity index is 0.00000196. The van der Waals surface area contributed by atoms with Crippen LogP contribution in [0.3, 0.4) is 0 Å². The van der Waals surface area contributed by atoms with Crippen LogP contribution in [0, 0.1) is 5.82 Å². The SMILES string of the molecule is C=CC[C@@H](N)c1ccc(F)c(OC)c1.Cl. The third kappa shape index (κ3) is 3.53. The van der Waals surface area contributed by atoms with Crippen molar-refractivity contribution in [3.63, 3.8) is 0 Å². The molecule has 0 heterocycles. The Morgan fingerprint density at radius 2 is 2.27 bits per heavy atom. The fraction of sp³-hybridized carbons (Fsp3) is 0.273. The zero-order valence-corrected chi connectivity index (χ0v) is 9.39. The molecule has 0 aliphatic carbocycles. The number of hydrogen-bond donors (Lipinski definition) is 1. The lowest BCUT2D eigenvalue weighted by atomic mass is 10.0. The van der Waals surface area contributed by atoms with Gasteiger partial charge >= 0.3 is 0 Å². The lowest BCUT2D eigenvalue weighted by Gasteiger charge is -2.11. The zero-order chi connectivity index (χ0) is 10.6. The highest BCUT2D eigenvalue weighted by atomic mass is 35.5. The number of benzene rings is 1. The number of hydrogen-bond acceptors (Lipinski definition) is 2. The molecule has 0 saturated heterocycles. The summed E-state index contributed by atoms with van der Waals surface area (Å²) in [5, 5.41) is 0. The van der Waals surface area contributed by atoms with E-state index in [9.17, 15) is 4.39 Å². The highest BCUT2D eigenvalue weighted by Gasteiger charge is 2.08. The Bertz CT molecular complexity index is 330. The van der Waals surface area contributed by atoms with Gasteiger partial charge in [0.25, 0.3) is 0 Å². The van der Waals surface area contributed by atoms with E-state index in [-0.39, 0.29) is 30.0 Å². The van der Waals surface area contributed by atoms with Gasteiger partial charge in [-0.15, -0.1) is 19.0 Å². The maximum absolute atomic E-state index is 13.0. The molecule has 15 heavy (non-hydrogen) atoms. The predicted molar refractivity (Wildman–Crippen MR) is 61.9 cm³/mol. The minimum absolute atomic E-state index is 0. The van der Waals surface area contributed by atoms with Gasteiger partial charge in [-0.3, -0.25) is 0 Å². The molecule has 0 spiro atoms. The lowest BCUT2D eigenvalue weighted by molar-refractivity contribution is 0.385. The van der Waals surface area contributed by atoms with E-state index in [0.717, 1.165) is 5.56 Å². The minimum Gasteiger partial charge on any atom is -0.494 e. The summed E-state index contributed by atoms with van der Waals surface area (Å²) in [5.74, 6) is -0.149. The average Bonchev–Trinajstić information content (AvgIpc) is 2.19. The van der Waals surface area contributed by atoms with Crippen molar-refractivity contribution in [1.29, 1.82) is 0 Å². The molecule has 0 aliphatic rings. The van der Waals surface area contributed by atoms with Crippen LogP contribution in [0.25, 0.3) is 0 Å². The summed E-state index contributed by atoms with van der Waals surface area (Å²) in [5.41, 5.74) is 6.68. The molecule has 0 fully saturated rings. The van der Waals surface area contributed by atoms with Crippen LogP contribution in [0.4, 0.5) is 4.39 Å². The van der Waals surface area contributed by atoms with Gasteiger partial charge in [0.1, 0.15) is 0 Å². The van der Waals surface area contributed by atoms with Crippen molar-refractivity contribution >= 4 is 12.4 Å². The van der Waals surface area contributed by atoms with Gasteiger partial charge in [-0.05, 0) is 24.1 Å². The van der Waals surface area contributed by atoms with Crippen LogP contribution in [0.15, 0.2) is 30.9 Å². The summed E-state index contributed by atoms with van der Waals surface area (Å²) in [6, 6.07) is 4.48. The lowest BCUT2D eigenvalue weighted by Crippen LogP contribution is -2.09. The quantitative estimate of drug-likeness (QED) is 0.809. The second-order valence-corrected chi connectivity index (χ2v) is 3.02. The van der Waals surface area contributed by atoms with Crippen LogP contribution in [0.1, 0.15) is 18.0 Å². The summed E-state index contributed by atoms with van der Waals surface area (Å²) in [6.07, 6.45) is 2.40. The Kier molecular flexibility index (Phi) is 5.97. The van der Waals surface area contributed by atoms with Crippen LogP contribution >= 0.6 is 12.4 Å². The van der Waals surface area contributed by atoms with E-state index in [1.807, 2.05) is 0 Å². The van der Waals surface area contributed by atoms with Crippen LogP contribution < -0.4 is 10.5 Å². The number of nitrogens with two attached hydrogens (primary N) is 1. The molecule has 1 aromatic carbocycles. The van der Waals surface area contributed by atoms with Crippen molar-refractivity contribution < 1.29 is 9.13 Å². The molecule has 0 aliphatic heterocycles. The summed E-state index contributed by atoms with van der Waals surface area (Å²) in [6.45, 7) is 3.60. The predicted octanol–water partition coefficient (Wildman–Crippen LogP) is 2.83. The van der Waals surface area contributed by atoms with Crippen molar-refractivity contribution in [3.05, 3.63) is 42.2 Å². The van der Waals surface area contributed by atoms with E-state index in [1.165, 1.54) is 13.2 Å². The Morgan fingerprint density at radius 3 is 2.80 bits per heavy atom. The molecule has 0 amide bonds. The third-order valence-corrected chi connectivity index (χ3v) is 2.02. The van der Waals surface area contributed by atoms with Crippen LogP contribution in [0.2, 0.25) is 0 Å². The molecule has 2 N–H and O–H groups in total. The summed E-state index contributed by atoms with van der Waals surface area (Å²) >= 11 is 0. The average molecular weight is 232 g/mol. The van der Waals surface area contributed by atoms with Crippen molar-refractivity contribution in [2.75, 3.05) is 7.11 Å². The molecule has 1 atom stereocenters. The summed E-state index contributed by atoms with van der Waals surface area (Å²) in [7, 11) is 1.43. The van der Waals surface area contributed by atoms with Crippen LogP contribution in [-0.2, 0) is 0 Å². The summed E-state index contributed by atoms with van der Waals surface area (Å²) < 4.78 is 17.9. The second-order valence-electron chi connectivity index (χ2n) is 3.02. The molecule has 0 saturated carbocycles. The van der Waals surface area contributed by atoms with Gasteiger partial charge in [0, 0.05) is 6.04 Å². The molecule has 1 rings (SSSR count). The minimum atomic E-state index is -0.373. The largest absolute Gasteiger partial charge is 0.494 e. The third-order valence-electron chi connectivity index (χ3n) is 2.02. The van der Waals surface area contributed by atoms with Gasteiger partial charge < -0.3 is 10.5 Å². The molecule has 0 aromatic heterocycles. The topological polar surface area (TPSA) is 35.2 Å². The molecule has 4 heteroatoms. The standard InChI is InChI=1S/C11H14FNO.ClH/c1-3-4-10(13)8-5-6-9(12)11(7-8)14-2;/h3,5-7,10H,1,4,13H2,2H3;1H/t10-;/m1./s1. The number of halogens is 2. The first-order valence-corrected chi connectivity index (χ1v) is 4.39. The maximum atomic E-state index is 13.0. The fourth-order valence-electron chi connectivity index (χ4n) is 1.22. The molecular formula is C11H15ClFNO. The Morgan fingerprint density at radius 1 is 1.60 bits per heavy atom. The van der Waals surface area contributed by atoms with E-state index >= 15 is 0 Å². The smallest absolute Gasteiger partial charge is 0.165 e. The van der Waals surface area contributed by atoms with Gasteiger partial charge in [0.15, 0.2) is 11.6 Å². The Hall–Kier alpha value is -1.06. The molecule has 0 bridgehead atoms. The first-order valence-electron chi connectivity index (χ1n) is 4.39. The monoisotopic (exact) mass is 231 g/mol. The molecule has 0 unspecified atom stereocenters. The van der Waals surface area contributed by atoms with Gasteiger partial charge in [-0.2, -0.15) is 0 Å².